The summed E-state index contributed by atoms with van der Waals surface area (Å²) in [5.41, 5.74) is -0.0271. The number of hydrogen-bond acceptors (Lipinski definition) is 4. The van der Waals surface area contributed by atoms with Crippen LogP contribution in [0.25, 0.3) is 11.2 Å². The maximum Gasteiger partial charge on any atom is 0.332 e. The summed E-state index contributed by atoms with van der Waals surface area (Å²) in [6.07, 6.45) is 1.05. The van der Waals surface area contributed by atoms with E-state index in [0.717, 1.165) is 11.0 Å². The SMILES string of the molecule is CCC(C)C(C)Nc1nc2c([nH]1)c(=O)n(C)c(=O)n2C. The Morgan fingerprint density at radius 1 is 1.25 bits per heavy atom. The lowest BCUT2D eigenvalue weighted by molar-refractivity contribution is 0.492. The van der Waals surface area contributed by atoms with Gasteiger partial charge in [0.2, 0.25) is 5.95 Å². The zero-order valence-corrected chi connectivity index (χ0v) is 12.5. The zero-order valence-electron chi connectivity index (χ0n) is 12.5. The summed E-state index contributed by atoms with van der Waals surface area (Å²) in [5.74, 6) is 1.00. The average molecular weight is 279 g/mol. The molecule has 0 fully saturated rings. The van der Waals surface area contributed by atoms with Gasteiger partial charge in [-0.25, -0.2) is 4.79 Å². The number of nitrogens with zero attached hydrogens (tertiary/aromatic N) is 3. The van der Waals surface area contributed by atoms with Gasteiger partial charge in [0.25, 0.3) is 5.56 Å². The predicted molar refractivity (Wildman–Crippen MR) is 79.1 cm³/mol. The largest absolute Gasteiger partial charge is 0.353 e. The second kappa shape index (κ2) is 5.15. The molecule has 0 aliphatic rings. The van der Waals surface area contributed by atoms with Crippen LogP contribution in [0.4, 0.5) is 5.95 Å². The highest BCUT2D eigenvalue weighted by atomic mass is 16.2. The Bertz CT molecular complexity index is 740. The first-order chi connectivity index (χ1) is 9.36. The number of rotatable bonds is 4. The third-order valence-corrected chi connectivity index (χ3v) is 3.96. The molecule has 2 aromatic heterocycles. The summed E-state index contributed by atoms with van der Waals surface area (Å²) < 4.78 is 2.44. The van der Waals surface area contributed by atoms with E-state index in [1.54, 1.807) is 7.05 Å². The molecule has 0 saturated carbocycles. The molecule has 0 radical (unpaired) electrons. The summed E-state index contributed by atoms with van der Waals surface area (Å²) in [4.78, 5) is 31.2. The number of aryl methyl sites for hydroxylation is 1. The second-order valence-electron chi connectivity index (χ2n) is 5.31. The molecule has 0 saturated heterocycles. The first kappa shape index (κ1) is 14.4. The van der Waals surface area contributed by atoms with Crippen LogP contribution in [0.5, 0.6) is 0 Å². The monoisotopic (exact) mass is 279 g/mol. The fourth-order valence-electron chi connectivity index (χ4n) is 2.11. The lowest BCUT2D eigenvalue weighted by Crippen LogP contribution is -2.36. The van der Waals surface area contributed by atoms with Gasteiger partial charge in [-0.05, 0) is 12.8 Å². The molecule has 2 atom stereocenters. The molecule has 0 bridgehead atoms. The molecule has 7 nitrogen and oxygen atoms in total. The van der Waals surface area contributed by atoms with E-state index in [0.29, 0.717) is 23.0 Å². The molecular weight excluding hydrogens is 258 g/mol. The van der Waals surface area contributed by atoms with Gasteiger partial charge in [-0.2, -0.15) is 4.98 Å². The Balaban J connectivity index is 2.50. The third-order valence-electron chi connectivity index (χ3n) is 3.96. The van der Waals surface area contributed by atoms with Gasteiger partial charge in [-0.1, -0.05) is 20.3 Å². The summed E-state index contributed by atoms with van der Waals surface area (Å²) in [5, 5.41) is 3.25. The quantitative estimate of drug-likeness (QED) is 0.867. The molecule has 20 heavy (non-hydrogen) atoms. The Labute approximate surface area is 116 Å². The number of imidazole rings is 1. The molecule has 2 heterocycles. The minimum Gasteiger partial charge on any atom is -0.353 e. The van der Waals surface area contributed by atoms with Crippen LogP contribution in [-0.2, 0) is 14.1 Å². The summed E-state index contributed by atoms with van der Waals surface area (Å²) in [6.45, 7) is 6.34. The van der Waals surface area contributed by atoms with Crippen molar-refractivity contribution in [2.24, 2.45) is 20.0 Å². The smallest absolute Gasteiger partial charge is 0.332 e. The van der Waals surface area contributed by atoms with Crippen LogP contribution in [0.3, 0.4) is 0 Å². The normalized spacial score (nSPS) is 14.4. The second-order valence-corrected chi connectivity index (χ2v) is 5.31. The minimum absolute atomic E-state index is 0.224. The Kier molecular flexibility index (Phi) is 3.69. The van der Waals surface area contributed by atoms with E-state index in [1.807, 2.05) is 0 Å². The molecular formula is C13H21N5O2. The molecule has 0 aromatic carbocycles. The van der Waals surface area contributed by atoms with E-state index in [9.17, 15) is 9.59 Å². The van der Waals surface area contributed by atoms with E-state index < -0.39 is 0 Å². The van der Waals surface area contributed by atoms with Gasteiger partial charge in [0.15, 0.2) is 11.2 Å². The van der Waals surface area contributed by atoms with Crippen molar-refractivity contribution in [2.45, 2.75) is 33.2 Å². The van der Waals surface area contributed by atoms with E-state index in [1.165, 1.54) is 11.6 Å². The molecule has 2 N–H and O–H groups in total. The lowest BCUT2D eigenvalue weighted by Gasteiger charge is -2.18. The summed E-state index contributed by atoms with van der Waals surface area (Å²) in [6, 6.07) is 0.224. The predicted octanol–water partition coefficient (Wildman–Crippen LogP) is 0.807. The van der Waals surface area contributed by atoms with Gasteiger partial charge < -0.3 is 10.3 Å². The fraction of sp³-hybridized carbons (Fsp3) is 0.615. The van der Waals surface area contributed by atoms with E-state index >= 15 is 0 Å². The molecule has 0 aliphatic carbocycles. The Morgan fingerprint density at radius 3 is 2.50 bits per heavy atom. The Morgan fingerprint density at radius 2 is 1.90 bits per heavy atom. The van der Waals surface area contributed by atoms with Gasteiger partial charge in [-0.3, -0.25) is 13.9 Å². The van der Waals surface area contributed by atoms with Crippen LogP contribution < -0.4 is 16.6 Å². The molecule has 0 spiro atoms. The molecule has 0 amide bonds. The summed E-state index contributed by atoms with van der Waals surface area (Å²) >= 11 is 0. The molecule has 2 rings (SSSR count). The van der Waals surface area contributed by atoms with Crippen LogP contribution in [0.2, 0.25) is 0 Å². The van der Waals surface area contributed by atoms with Crippen molar-refractivity contribution in [2.75, 3.05) is 5.32 Å². The number of anilines is 1. The minimum atomic E-state index is -0.379. The van der Waals surface area contributed by atoms with Crippen LogP contribution in [-0.4, -0.2) is 25.1 Å². The first-order valence-corrected chi connectivity index (χ1v) is 6.79. The lowest BCUT2D eigenvalue weighted by atomic mass is 10.0. The molecule has 7 heteroatoms. The topological polar surface area (TPSA) is 84.7 Å². The van der Waals surface area contributed by atoms with E-state index in [-0.39, 0.29) is 17.3 Å². The van der Waals surface area contributed by atoms with Gasteiger partial charge in [0.1, 0.15) is 0 Å². The van der Waals surface area contributed by atoms with Crippen LogP contribution >= 0.6 is 0 Å². The highest BCUT2D eigenvalue weighted by molar-refractivity contribution is 5.72. The molecule has 2 unspecified atom stereocenters. The van der Waals surface area contributed by atoms with Gasteiger partial charge in [0.05, 0.1) is 0 Å². The van der Waals surface area contributed by atoms with Gasteiger partial charge in [-0.15, -0.1) is 0 Å². The van der Waals surface area contributed by atoms with Crippen molar-refractivity contribution in [3.63, 3.8) is 0 Å². The number of nitrogens with one attached hydrogen (secondary N) is 2. The number of fused-ring (bicyclic) bond motifs is 1. The molecule has 2 aromatic rings. The van der Waals surface area contributed by atoms with Crippen LogP contribution in [0, 0.1) is 5.92 Å². The van der Waals surface area contributed by atoms with Gasteiger partial charge >= 0.3 is 5.69 Å². The zero-order chi connectivity index (χ0) is 15.0. The van der Waals surface area contributed by atoms with Crippen molar-refractivity contribution >= 4 is 17.1 Å². The van der Waals surface area contributed by atoms with E-state index in [2.05, 4.69) is 36.1 Å². The third kappa shape index (κ3) is 2.23. The van der Waals surface area contributed by atoms with Crippen molar-refractivity contribution in [1.29, 1.82) is 0 Å². The standard InChI is InChI=1S/C13H21N5O2/c1-6-7(2)8(3)14-12-15-9-10(16-12)17(4)13(20)18(5)11(9)19/h7-8H,6H2,1-5H3,(H2,14,15,16). The van der Waals surface area contributed by atoms with Crippen LogP contribution in [0.15, 0.2) is 9.59 Å². The Hall–Kier alpha value is -2.05. The van der Waals surface area contributed by atoms with E-state index in [4.69, 9.17) is 0 Å². The molecule has 0 aliphatic heterocycles. The van der Waals surface area contributed by atoms with Crippen molar-refractivity contribution in [1.82, 2.24) is 19.1 Å². The maximum atomic E-state index is 12.0. The number of hydrogen-bond donors (Lipinski definition) is 2. The highest BCUT2D eigenvalue weighted by Crippen LogP contribution is 2.14. The average Bonchev–Trinajstić information content (AvgIpc) is 2.85. The van der Waals surface area contributed by atoms with Crippen LogP contribution in [0.1, 0.15) is 27.2 Å². The number of aromatic amines is 1. The highest BCUT2D eigenvalue weighted by Gasteiger charge is 2.16. The maximum absolute atomic E-state index is 12.0. The van der Waals surface area contributed by atoms with Crippen molar-refractivity contribution in [3.8, 4) is 0 Å². The summed E-state index contributed by atoms with van der Waals surface area (Å²) in [7, 11) is 3.06. The number of H-pyrrole nitrogens is 1. The van der Waals surface area contributed by atoms with Gasteiger partial charge in [0, 0.05) is 20.1 Å². The number of aromatic nitrogens is 4. The first-order valence-electron chi connectivity index (χ1n) is 6.79. The van der Waals surface area contributed by atoms with Crippen molar-refractivity contribution in [3.05, 3.63) is 20.8 Å². The van der Waals surface area contributed by atoms with Crippen molar-refractivity contribution < 1.29 is 0 Å². The molecule has 110 valence electrons. The fourth-order valence-corrected chi connectivity index (χ4v) is 2.11.